The summed E-state index contributed by atoms with van der Waals surface area (Å²) in [6, 6.07) is 7.65. The van der Waals surface area contributed by atoms with Crippen LogP contribution >= 0.6 is 0 Å². The zero-order chi connectivity index (χ0) is 16.8. The third-order valence-electron chi connectivity index (χ3n) is 3.57. The standard InChI is InChI=1S/C17H25NO4/c1-12(2)13-5-7-14(8-6-13)22-11-15(19)18-10-9-17(3,4)16(20)21/h5-8,12H,9-11H2,1-4H3,(H,18,19)(H,20,21). The van der Waals surface area contributed by atoms with Crippen LogP contribution in [0.3, 0.4) is 0 Å². The van der Waals surface area contributed by atoms with Crippen molar-refractivity contribution < 1.29 is 19.4 Å². The van der Waals surface area contributed by atoms with Gasteiger partial charge in [0, 0.05) is 6.54 Å². The summed E-state index contributed by atoms with van der Waals surface area (Å²) in [6.07, 6.45) is 0.372. The number of rotatable bonds is 8. The van der Waals surface area contributed by atoms with Crippen molar-refractivity contribution in [3.8, 4) is 5.75 Å². The van der Waals surface area contributed by atoms with Gasteiger partial charge in [-0.05, 0) is 43.9 Å². The molecule has 0 atom stereocenters. The van der Waals surface area contributed by atoms with E-state index in [0.717, 1.165) is 0 Å². The number of ether oxygens (including phenoxy) is 1. The Morgan fingerprint density at radius 1 is 1.23 bits per heavy atom. The molecule has 1 aromatic rings. The van der Waals surface area contributed by atoms with E-state index in [-0.39, 0.29) is 12.5 Å². The lowest BCUT2D eigenvalue weighted by Crippen LogP contribution is -2.34. The number of carbonyl (C=O) groups is 2. The van der Waals surface area contributed by atoms with Gasteiger partial charge in [-0.1, -0.05) is 26.0 Å². The Morgan fingerprint density at radius 3 is 2.32 bits per heavy atom. The fourth-order valence-electron chi connectivity index (χ4n) is 1.77. The molecule has 0 aliphatic rings. The van der Waals surface area contributed by atoms with Gasteiger partial charge in [0.1, 0.15) is 5.75 Å². The molecule has 5 nitrogen and oxygen atoms in total. The predicted octanol–water partition coefficient (Wildman–Crippen LogP) is 2.81. The van der Waals surface area contributed by atoms with E-state index >= 15 is 0 Å². The number of carboxylic acids is 1. The maximum absolute atomic E-state index is 11.7. The summed E-state index contributed by atoms with van der Waals surface area (Å²) in [5.74, 6) is -0.0299. The molecule has 0 bridgehead atoms. The largest absolute Gasteiger partial charge is 0.484 e. The van der Waals surface area contributed by atoms with Gasteiger partial charge in [-0.25, -0.2) is 0 Å². The van der Waals surface area contributed by atoms with Crippen molar-refractivity contribution in [1.82, 2.24) is 5.32 Å². The summed E-state index contributed by atoms with van der Waals surface area (Å²) in [5.41, 5.74) is 0.369. The monoisotopic (exact) mass is 307 g/mol. The molecule has 1 aromatic carbocycles. The topological polar surface area (TPSA) is 75.6 Å². The first kappa shape index (κ1) is 18.0. The number of carbonyl (C=O) groups excluding carboxylic acids is 1. The highest BCUT2D eigenvalue weighted by Gasteiger charge is 2.26. The number of amides is 1. The van der Waals surface area contributed by atoms with Crippen molar-refractivity contribution in [2.45, 2.75) is 40.0 Å². The van der Waals surface area contributed by atoms with Crippen LogP contribution in [0, 0.1) is 5.41 Å². The second-order valence-electron chi connectivity index (χ2n) is 6.30. The lowest BCUT2D eigenvalue weighted by Gasteiger charge is -2.18. The summed E-state index contributed by atoms with van der Waals surface area (Å²) in [5, 5.41) is 11.6. The molecule has 0 aromatic heterocycles. The Labute approximate surface area is 131 Å². The van der Waals surface area contributed by atoms with Gasteiger partial charge in [-0.3, -0.25) is 9.59 Å². The Kier molecular flexibility index (Phi) is 6.40. The normalized spacial score (nSPS) is 11.3. The third-order valence-corrected chi connectivity index (χ3v) is 3.57. The molecule has 0 fully saturated rings. The number of hydrogen-bond donors (Lipinski definition) is 2. The van der Waals surface area contributed by atoms with Gasteiger partial charge in [0.25, 0.3) is 5.91 Å². The minimum atomic E-state index is -0.872. The number of nitrogens with one attached hydrogen (secondary N) is 1. The van der Waals surface area contributed by atoms with Crippen LogP contribution in [0.5, 0.6) is 5.75 Å². The highest BCUT2D eigenvalue weighted by atomic mass is 16.5. The van der Waals surface area contributed by atoms with Crippen molar-refractivity contribution >= 4 is 11.9 Å². The number of carboxylic acid groups (broad SMARTS) is 1. The summed E-state index contributed by atoms with van der Waals surface area (Å²) in [6.45, 7) is 7.73. The van der Waals surface area contributed by atoms with Gasteiger partial charge < -0.3 is 15.2 Å². The molecule has 0 saturated carbocycles. The molecule has 122 valence electrons. The fourth-order valence-corrected chi connectivity index (χ4v) is 1.77. The van der Waals surface area contributed by atoms with E-state index in [1.807, 2.05) is 24.3 Å². The first-order valence-corrected chi connectivity index (χ1v) is 7.45. The van der Waals surface area contributed by atoms with E-state index in [9.17, 15) is 9.59 Å². The van der Waals surface area contributed by atoms with Crippen molar-refractivity contribution in [2.75, 3.05) is 13.2 Å². The first-order valence-electron chi connectivity index (χ1n) is 7.45. The number of hydrogen-bond acceptors (Lipinski definition) is 3. The average Bonchev–Trinajstić information content (AvgIpc) is 2.45. The van der Waals surface area contributed by atoms with Gasteiger partial charge in [0.05, 0.1) is 5.41 Å². The van der Waals surface area contributed by atoms with E-state index in [4.69, 9.17) is 9.84 Å². The van der Waals surface area contributed by atoms with Crippen LogP contribution in [0.4, 0.5) is 0 Å². The molecule has 0 saturated heterocycles. The molecule has 0 spiro atoms. The zero-order valence-electron chi connectivity index (χ0n) is 13.7. The molecule has 1 amide bonds. The van der Waals surface area contributed by atoms with Crippen LogP contribution in [0.1, 0.15) is 45.6 Å². The summed E-state index contributed by atoms with van der Waals surface area (Å²) in [7, 11) is 0. The minimum Gasteiger partial charge on any atom is -0.484 e. The minimum absolute atomic E-state index is 0.0749. The molecule has 2 N–H and O–H groups in total. The maximum Gasteiger partial charge on any atom is 0.309 e. The van der Waals surface area contributed by atoms with Gasteiger partial charge in [-0.2, -0.15) is 0 Å². The quantitative estimate of drug-likeness (QED) is 0.774. The molecule has 1 rings (SSSR count). The van der Waals surface area contributed by atoms with Crippen LogP contribution in [-0.2, 0) is 9.59 Å². The van der Waals surface area contributed by atoms with E-state index in [2.05, 4.69) is 19.2 Å². The molecule has 22 heavy (non-hydrogen) atoms. The third kappa shape index (κ3) is 5.76. The van der Waals surface area contributed by atoms with Crippen LogP contribution < -0.4 is 10.1 Å². The second kappa shape index (κ2) is 7.82. The second-order valence-corrected chi connectivity index (χ2v) is 6.30. The molecule has 0 aliphatic carbocycles. The summed E-state index contributed by atoms with van der Waals surface area (Å²) in [4.78, 5) is 22.6. The molecule has 0 aliphatic heterocycles. The van der Waals surface area contributed by atoms with E-state index in [1.165, 1.54) is 5.56 Å². The number of benzene rings is 1. The van der Waals surface area contributed by atoms with Crippen molar-refractivity contribution in [3.63, 3.8) is 0 Å². The first-order chi connectivity index (χ1) is 10.2. The zero-order valence-corrected chi connectivity index (χ0v) is 13.7. The lowest BCUT2D eigenvalue weighted by atomic mass is 9.90. The van der Waals surface area contributed by atoms with Crippen LogP contribution in [-0.4, -0.2) is 30.1 Å². The van der Waals surface area contributed by atoms with Crippen LogP contribution in [0.25, 0.3) is 0 Å². The van der Waals surface area contributed by atoms with Gasteiger partial charge in [-0.15, -0.1) is 0 Å². The smallest absolute Gasteiger partial charge is 0.309 e. The Balaban J connectivity index is 2.33. The van der Waals surface area contributed by atoms with E-state index in [1.54, 1.807) is 13.8 Å². The van der Waals surface area contributed by atoms with E-state index in [0.29, 0.717) is 24.6 Å². The van der Waals surface area contributed by atoms with Crippen LogP contribution in [0.15, 0.2) is 24.3 Å². The fraction of sp³-hybridized carbons (Fsp3) is 0.529. The molecular formula is C17H25NO4. The van der Waals surface area contributed by atoms with Gasteiger partial charge in [0.2, 0.25) is 0 Å². The van der Waals surface area contributed by atoms with Crippen molar-refractivity contribution in [2.24, 2.45) is 5.41 Å². The molecule has 5 heteroatoms. The molecule has 0 radical (unpaired) electrons. The molecular weight excluding hydrogens is 282 g/mol. The Hall–Kier alpha value is -2.04. The van der Waals surface area contributed by atoms with Crippen molar-refractivity contribution in [1.29, 1.82) is 0 Å². The van der Waals surface area contributed by atoms with Gasteiger partial charge in [0.15, 0.2) is 6.61 Å². The summed E-state index contributed by atoms with van der Waals surface area (Å²) < 4.78 is 5.40. The highest BCUT2D eigenvalue weighted by Crippen LogP contribution is 2.19. The lowest BCUT2D eigenvalue weighted by molar-refractivity contribution is -0.147. The Bertz CT molecular complexity index is 506. The van der Waals surface area contributed by atoms with Crippen molar-refractivity contribution in [3.05, 3.63) is 29.8 Å². The van der Waals surface area contributed by atoms with E-state index < -0.39 is 11.4 Å². The maximum atomic E-state index is 11.7. The number of aliphatic carboxylic acids is 1. The summed E-state index contributed by atoms with van der Waals surface area (Å²) >= 11 is 0. The highest BCUT2D eigenvalue weighted by molar-refractivity contribution is 5.77. The molecule has 0 unspecified atom stereocenters. The average molecular weight is 307 g/mol. The van der Waals surface area contributed by atoms with Gasteiger partial charge >= 0.3 is 5.97 Å². The van der Waals surface area contributed by atoms with Crippen LogP contribution in [0.2, 0.25) is 0 Å². The molecule has 0 heterocycles. The Morgan fingerprint density at radius 2 is 1.82 bits per heavy atom. The predicted molar refractivity (Wildman–Crippen MR) is 85.1 cm³/mol. The SMILES string of the molecule is CC(C)c1ccc(OCC(=O)NCCC(C)(C)C(=O)O)cc1.